The lowest BCUT2D eigenvalue weighted by Gasteiger charge is -2.15. The van der Waals surface area contributed by atoms with Crippen molar-refractivity contribution >= 4 is 10.1 Å². The van der Waals surface area contributed by atoms with Gasteiger partial charge in [0.2, 0.25) is 6.30 Å². The number of nitrogens with zero attached hydrogens (tertiary/aromatic N) is 3. The van der Waals surface area contributed by atoms with Gasteiger partial charge in [0.25, 0.3) is 10.1 Å². The van der Waals surface area contributed by atoms with Crippen LogP contribution in [0.4, 0.5) is 4.39 Å². The summed E-state index contributed by atoms with van der Waals surface area (Å²) in [5.41, 5.74) is 0. The van der Waals surface area contributed by atoms with Crippen molar-refractivity contribution in [1.82, 2.24) is 14.8 Å². The van der Waals surface area contributed by atoms with Crippen LogP contribution in [0.25, 0.3) is 0 Å². The van der Waals surface area contributed by atoms with Crippen molar-refractivity contribution in [3.8, 4) is 0 Å². The Morgan fingerprint density at radius 1 is 1.50 bits per heavy atom. The minimum atomic E-state index is -4.02. The van der Waals surface area contributed by atoms with E-state index in [2.05, 4.69) is 19.0 Å². The zero-order chi connectivity index (χ0) is 13.6. The van der Waals surface area contributed by atoms with Crippen LogP contribution in [0, 0.1) is 0 Å². The summed E-state index contributed by atoms with van der Waals surface area (Å²) in [5, 5.41) is 12.9. The summed E-state index contributed by atoms with van der Waals surface area (Å²) in [6.45, 7) is -0.108. The minimum absolute atomic E-state index is 0.0808. The van der Waals surface area contributed by atoms with Crippen LogP contribution in [0.15, 0.2) is 12.7 Å². The lowest BCUT2D eigenvalue weighted by atomic mass is 10.4. The SMILES string of the molecule is COCCOS(=O)(=O)CC(O)C(F)n1cncn1. The summed E-state index contributed by atoms with van der Waals surface area (Å²) in [5.74, 6) is -0.877. The molecule has 0 aliphatic carbocycles. The van der Waals surface area contributed by atoms with E-state index in [4.69, 9.17) is 0 Å². The molecule has 0 fully saturated rings. The standard InChI is InChI=1S/C8H14FN3O5S/c1-16-2-3-17-18(14,15)4-7(13)8(9)12-6-10-5-11-12/h5-8,13H,2-4H2,1H3. The first kappa shape index (κ1) is 15.0. The van der Waals surface area contributed by atoms with Crippen LogP contribution in [0.3, 0.4) is 0 Å². The fourth-order valence-corrected chi connectivity index (χ4v) is 2.10. The molecule has 8 nitrogen and oxygen atoms in total. The normalized spacial score (nSPS) is 15.5. The molecular weight excluding hydrogens is 269 g/mol. The molecule has 0 bridgehead atoms. The quantitative estimate of drug-likeness (QED) is 0.487. The fourth-order valence-electron chi connectivity index (χ4n) is 1.10. The van der Waals surface area contributed by atoms with Gasteiger partial charge in [0, 0.05) is 7.11 Å². The molecule has 1 rings (SSSR count). The number of aromatic nitrogens is 3. The average molecular weight is 283 g/mol. The van der Waals surface area contributed by atoms with E-state index in [1.165, 1.54) is 7.11 Å². The number of halogens is 1. The van der Waals surface area contributed by atoms with Crippen LogP contribution in [-0.2, 0) is 19.0 Å². The predicted octanol–water partition coefficient (Wildman–Crippen LogP) is -0.900. The van der Waals surface area contributed by atoms with E-state index in [0.29, 0.717) is 0 Å². The van der Waals surface area contributed by atoms with Crippen molar-refractivity contribution < 1.29 is 26.8 Å². The molecule has 10 heteroatoms. The number of alkyl halides is 1. The monoisotopic (exact) mass is 283 g/mol. The van der Waals surface area contributed by atoms with Gasteiger partial charge in [-0.25, -0.2) is 14.1 Å². The lowest BCUT2D eigenvalue weighted by molar-refractivity contribution is 0.0399. The maximum atomic E-state index is 13.5. The molecule has 1 heterocycles. The van der Waals surface area contributed by atoms with Gasteiger partial charge in [-0.15, -0.1) is 0 Å². The highest BCUT2D eigenvalue weighted by atomic mass is 32.2. The van der Waals surface area contributed by atoms with E-state index in [9.17, 15) is 17.9 Å². The number of aliphatic hydroxyl groups excluding tert-OH is 1. The average Bonchev–Trinajstić information content (AvgIpc) is 2.80. The van der Waals surface area contributed by atoms with Crippen molar-refractivity contribution in [2.45, 2.75) is 12.4 Å². The van der Waals surface area contributed by atoms with Gasteiger partial charge in [0.05, 0.1) is 13.2 Å². The van der Waals surface area contributed by atoms with E-state index in [1.54, 1.807) is 0 Å². The molecule has 18 heavy (non-hydrogen) atoms. The van der Waals surface area contributed by atoms with Gasteiger partial charge < -0.3 is 9.84 Å². The second-order valence-corrected chi connectivity index (χ2v) is 5.04. The summed E-state index contributed by atoms with van der Waals surface area (Å²) in [4.78, 5) is 3.49. The van der Waals surface area contributed by atoms with Gasteiger partial charge in [-0.1, -0.05) is 0 Å². The van der Waals surface area contributed by atoms with E-state index in [-0.39, 0.29) is 13.2 Å². The Balaban J connectivity index is 2.50. The molecule has 2 atom stereocenters. The van der Waals surface area contributed by atoms with Crippen molar-refractivity contribution in [3.63, 3.8) is 0 Å². The Kier molecular flexibility index (Phi) is 5.59. The summed E-state index contributed by atoms with van der Waals surface area (Å²) in [6.07, 6.45) is -1.69. The summed E-state index contributed by atoms with van der Waals surface area (Å²) < 4.78 is 46.0. The Morgan fingerprint density at radius 3 is 2.78 bits per heavy atom. The van der Waals surface area contributed by atoms with Crippen molar-refractivity contribution in [3.05, 3.63) is 12.7 Å². The van der Waals surface area contributed by atoms with Crippen LogP contribution >= 0.6 is 0 Å². The molecule has 0 saturated carbocycles. The Labute approximate surface area is 103 Å². The summed E-state index contributed by atoms with van der Waals surface area (Å²) in [7, 11) is -2.64. The van der Waals surface area contributed by atoms with E-state index in [1.807, 2.05) is 0 Å². The third kappa shape index (κ3) is 4.64. The van der Waals surface area contributed by atoms with E-state index >= 15 is 0 Å². The fraction of sp³-hybridized carbons (Fsp3) is 0.750. The predicted molar refractivity (Wildman–Crippen MR) is 57.8 cm³/mol. The molecular formula is C8H14FN3O5S. The molecule has 0 aliphatic rings. The van der Waals surface area contributed by atoms with Gasteiger partial charge in [0.15, 0.2) is 0 Å². The number of hydrogen-bond acceptors (Lipinski definition) is 7. The lowest BCUT2D eigenvalue weighted by Crippen LogP contribution is -2.30. The van der Waals surface area contributed by atoms with Crippen molar-refractivity contribution in [1.29, 1.82) is 0 Å². The van der Waals surface area contributed by atoms with Crippen LogP contribution in [-0.4, -0.2) is 60.5 Å². The highest BCUT2D eigenvalue weighted by Gasteiger charge is 2.27. The number of ether oxygens (including phenoxy) is 1. The van der Waals surface area contributed by atoms with Gasteiger partial charge in [0.1, 0.15) is 24.5 Å². The number of rotatable bonds is 8. The Hall–Kier alpha value is -1.10. The van der Waals surface area contributed by atoms with Gasteiger partial charge in [-0.2, -0.15) is 13.5 Å². The minimum Gasteiger partial charge on any atom is -0.387 e. The molecule has 1 aromatic heterocycles. The number of aliphatic hydroxyl groups is 1. The first-order valence-corrected chi connectivity index (χ1v) is 6.56. The maximum Gasteiger partial charge on any atom is 0.270 e. The molecule has 104 valence electrons. The summed E-state index contributed by atoms with van der Waals surface area (Å²) >= 11 is 0. The topological polar surface area (TPSA) is 104 Å². The largest absolute Gasteiger partial charge is 0.387 e. The summed E-state index contributed by atoms with van der Waals surface area (Å²) in [6, 6.07) is 0. The van der Waals surface area contributed by atoms with Gasteiger partial charge >= 0.3 is 0 Å². The van der Waals surface area contributed by atoms with Crippen molar-refractivity contribution in [2.24, 2.45) is 0 Å². The second-order valence-electron chi connectivity index (χ2n) is 3.35. The highest BCUT2D eigenvalue weighted by Crippen LogP contribution is 2.13. The first-order valence-electron chi connectivity index (χ1n) is 4.98. The molecule has 0 aliphatic heterocycles. The first-order chi connectivity index (χ1) is 8.46. The van der Waals surface area contributed by atoms with Crippen LogP contribution in [0.5, 0.6) is 0 Å². The smallest absolute Gasteiger partial charge is 0.270 e. The Morgan fingerprint density at radius 2 is 2.22 bits per heavy atom. The zero-order valence-corrected chi connectivity index (χ0v) is 10.5. The van der Waals surface area contributed by atoms with Crippen molar-refractivity contribution in [2.75, 3.05) is 26.1 Å². The maximum absolute atomic E-state index is 13.5. The molecule has 1 aromatic rings. The van der Waals surface area contributed by atoms with Gasteiger partial charge in [-0.3, -0.25) is 4.18 Å². The molecule has 0 amide bonds. The molecule has 0 saturated heterocycles. The van der Waals surface area contributed by atoms with Crippen LogP contribution < -0.4 is 0 Å². The Bertz CT molecular complexity index is 438. The molecule has 0 spiro atoms. The van der Waals surface area contributed by atoms with Crippen LogP contribution in [0.2, 0.25) is 0 Å². The molecule has 2 unspecified atom stereocenters. The third-order valence-corrected chi connectivity index (χ3v) is 3.21. The van der Waals surface area contributed by atoms with Crippen LogP contribution in [0.1, 0.15) is 6.30 Å². The second kappa shape index (κ2) is 6.73. The zero-order valence-electron chi connectivity index (χ0n) is 9.64. The molecule has 0 aromatic carbocycles. The van der Waals surface area contributed by atoms with E-state index in [0.717, 1.165) is 17.3 Å². The number of hydrogen-bond donors (Lipinski definition) is 1. The molecule has 1 N–H and O–H groups in total. The van der Waals surface area contributed by atoms with Gasteiger partial charge in [-0.05, 0) is 0 Å². The highest BCUT2D eigenvalue weighted by molar-refractivity contribution is 7.86. The van der Waals surface area contributed by atoms with E-state index < -0.39 is 28.3 Å². The molecule has 0 radical (unpaired) electrons. The number of methoxy groups -OCH3 is 1. The third-order valence-electron chi connectivity index (χ3n) is 1.93.